The van der Waals surface area contributed by atoms with Gasteiger partial charge in [0.15, 0.2) is 0 Å². The number of anilines is 2. The number of pyridine rings is 1. The van der Waals surface area contributed by atoms with Crippen LogP contribution in [0.1, 0.15) is 31.8 Å². The molecule has 2 N–H and O–H groups in total. The summed E-state index contributed by atoms with van der Waals surface area (Å²) < 4.78 is 4.75. The van der Waals surface area contributed by atoms with Crippen molar-refractivity contribution in [1.29, 1.82) is 0 Å². The summed E-state index contributed by atoms with van der Waals surface area (Å²) >= 11 is 0. The van der Waals surface area contributed by atoms with Gasteiger partial charge in [0.1, 0.15) is 0 Å². The predicted octanol–water partition coefficient (Wildman–Crippen LogP) is 4.04. The SMILES string of the molecule is COC(=O)c1ccccc1NC(=O)c1cncc(NCc2ccccc2C)c1. The van der Waals surface area contributed by atoms with Crippen LogP contribution in [-0.2, 0) is 11.3 Å². The monoisotopic (exact) mass is 375 g/mol. The average molecular weight is 375 g/mol. The third-order valence-corrected chi connectivity index (χ3v) is 4.33. The van der Waals surface area contributed by atoms with Crippen LogP contribution < -0.4 is 10.6 Å². The Bertz CT molecular complexity index is 1000. The summed E-state index contributed by atoms with van der Waals surface area (Å²) in [5, 5.41) is 6.03. The maximum absolute atomic E-state index is 12.6. The maximum atomic E-state index is 12.6. The summed E-state index contributed by atoms with van der Waals surface area (Å²) in [5.74, 6) is -0.869. The molecule has 1 heterocycles. The fourth-order valence-electron chi connectivity index (χ4n) is 2.74. The summed E-state index contributed by atoms with van der Waals surface area (Å²) in [7, 11) is 1.30. The van der Waals surface area contributed by atoms with Crippen LogP contribution >= 0.6 is 0 Å². The van der Waals surface area contributed by atoms with E-state index in [2.05, 4.69) is 34.7 Å². The van der Waals surface area contributed by atoms with E-state index in [9.17, 15) is 9.59 Å². The largest absolute Gasteiger partial charge is 0.465 e. The fourth-order valence-corrected chi connectivity index (χ4v) is 2.74. The molecule has 0 aliphatic carbocycles. The molecule has 1 amide bonds. The number of rotatable bonds is 6. The molecule has 0 spiro atoms. The van der Waals surface area contributed by atoms with Gasteiger partial charge in [0.25, 0.3) is 5.91 Å². The third kappa shape index (κ3) is 4.54. The van der Waals surface area contributed by atoms with Crippen molar-refractivity contribution in [3.8, 4) is 0 Å². The van der Waals surface area contributed by atoms with Crippen molar-refractivity contribution in [1.82, 2.24) is 4.98 Å². The Balaban J connectivity index is 1.73. The number of aryl methyl sites for hydroxylation is 1. The normalized spacial score (nSPS) is 10.2. The van der Waals surface area contributed by atoms with E-state index < -0.39 is 5.97 Å². The van der Waals surface area contributed by atoms with Gasteiger partial charge in [-0.1, -0.05) is 36.4 Å². The highest BCUT2D eigenvalue weighted by Crippen LogP contribution is 2.18. The molecule has 28 heavy (non-hydrogen) atoms. The molecule has 6 nitrogen and oxygen atoms in total. The van der Waals surface area contributed by atoms with Gasteiger partial charge < -0.3 is 15.4 Å². The highest BCUT2D eigenvalue weighted by molar-refractivity contribution is 6.08. The van der Waals surface area contributed by atoms with Gasteiger partial charge in [0.05, 0.1) is 29.6 Å². The molecule has 0 radical (unpaired) electrons. The summed E-state index contributed by atoms with van der Waals surface area (Å²) in [6, 6.07) is 16.5. The topological polar surface area (TPSA) is 80.3 Å². The lowest BCUT2D eigenvalue weighted by molar-refractivity contribution is 0.0602. The zero-order valence-electron chi connectivity index (χ0n) is 15.7. The molecule has 2 aromatic carbocycles. The highest BCUT2D eigenvalue weighted by atomic mass is 16.5. The van der Waals surface area contributed by atoms with E-state index in [0.29, 0.717) is 23.4 Å². The zero-order valence-corrected chi connectivity index (χ0v) is 15.7. The quantitative estimate of drug-likeness (QED) is 0.636. The molecule has 0 saturated carbocycles. The number of aromatic nitrogens is 1. The molecule has 1 aromatic heterocycles. The molecule has 0 unspecified atom stereocenters. The van der Waals surface area contributed by atoms with Crippen molar-refractivity contribution in [2.24, 2.45) is 0 Å². The number of nitrogens with zero attached hydrogens (tertiary/aromatic N) is 1. The minimum atomic E-state index is -0.511. The summed E-state index contributed by atoms with van der Waals surface area (Å²) in [4.78, 5) is 28.6. The zero-order chi connectivity index (χ0) is 19.9. The number of nitrogens with one attached hydrogen (secondary N) is 2. The van der Waals surface area contributed by atoms with E-state index in [1.807, 2.05) is 12.1 Å². The summed E-state index contributed by atoms with van der Waals surface area (Å²) in [6.45, 7) is 2.68. The predicted molar refractivity (Wildman–Crippen MR) is 108 cm³/mol. The first-order valence-electron chi connectivity index (χ1n) is 8.80. The number of amides is 1. The van der Waals surface area contributed by atoms with Crippen molar-refractivity contribution in [3.05, 3.63) is 89.2 Å². The number of carbonyl (C=O) groups excluding carboxylic acids is 2. The number of hydrogen-bond donors (Lipinski definition) is 2. The van der Waals surface area contributed by atoms with Gasteiger partial charge in [-0.2, -0.15) is 0 Å². The van der Waals surface area contributed by atoms with Crippen molar-refractivity contribution in [3.63, 3.8) is 0 Å². The summed E-state index contributed by atoms with van der Waals surface area (Å²) in [5.41, 5.74) is 4.16. The highest BCUT2D eigenvalue weighted by Gasteiger charge is 2.14. The first-order chi connectivity index (χ1) is 13.6. The Morgan fingerprint density at radius 2 is 1.79 bits per heavy atom. The van der Waals surface area contributed by atoms with Gasteiger partial charge in [-0.25, -0.2) is 4.79 Å². The molecule has 0 atom stereocenters. The van der Waals surface area contributed by atoms with E-state index in [-0.39, 0.29) is 5.91 Å². The number of para-hydroxylation sites is 1. The molecule has 0 aliphatic heterocycles. The van der Waals surface area contributed by atoms with Crippen LogP contribution in [0.15, 0.2) is 67.0 Å². The van der Waals surface area contributed by atoms with Crippen molar-refractivity contribution in [2.45, 2.75) is 13.5 Å². The first-order valence-corrected chi connectivity index (χ1v) is 8.80. The Morgan fingerprint density at radius 1 is 1.04 bits per heavy atom. The van der Waals surface area contributed by atoms with Gasteiger partial charge in [-0.3, -0.25) is 9.78 Å². The Hall–Kier alpha value is -3.67. The van der Waals surface area contributed by atoms with Crippen molar-refractivity contribution in [2.75, 3.05) is 17.7 Å². The van der Waals surface area contributed by atoms with E-state index >= 15 is 0 Å². The minimum Gasteiger partial charge on any atom is -0.465 e. The van der Waals surface area contributed by atoms with E-state index in [1.54, 1.807) is 36.5 Å². The number of esters is 1. The second-order valence-electron chi connectivity index (χ2n) is 6.23. The first kappa shape index (κ1) is 19.1. The second-order valence-corrected chi connectivity index (χ2v) is 6.23. The average Bonchev–Trinajstić information content (AvgIpc) is 2.73. The molecule has 3 aromatic rings. The lowest BCUT2D eigenvalue weighted by Gasteiger charge is -2.11. The molecule has 0 aliphatic rings. The number of benzene rings is 2. The van der Waals surface area contributed by atoms with Gasteiger partial charge in [0.2, 0.25) is 0 Å². The van der Waals surface area contributed by atoms with Crippen LogP contribution in [-0.4, -0.2) is 24.0 Å². The smallest absolute Gasteiger partial charge is 0.339 e. The number of methoxy groups -OCH3 is 1. The standard InChI is InChI=1S/C22H21N3O3/c1-15-7-3-4-8-16(15)13-24-18-11-17(12-23-14-18)21(26)25-20-10-6-5-9-19(20)22(27)28-2/h3-12,14,24H,13H2,1-2H3,(H,25,26). The van der Waals surface area contributed by atoms with Crippen LogP contribution in [0.3, 0.4) is 0 Å². The van der Waals surface area contributed by atoms with Crippen LogP contribution in [0.5, 0.6) is 0 Å². The van der Waals surface area contributed by atoms with Gasteiger partial charge in [-0.15, -0.1) is 0 Å². The molecule has 0 fully saturated rings. The van der Waals surface area contributed by atoms with E-state index in [4.69, 9.17) is 4.74 Å². The van der Waals surface area contributed by atoms with Gasteiger partial charge in [0, 0.05) is 18.9 Å². The summed E-state index contributed by atoms with van der Waals surface area (Å²) in [6.07, 6.45) is 3.15. The molecule has 142 valence electrons. The van der Waals surface area contributed by atoms with Crippen LogP contribution in [0.2, 0.25) is 0 Å². The lowest BCUT2D eigenvalue weighted by Crippen LogP contribution is -2.16. The van der Waals surface area contributed by atoms with Crippen molar-refractivity contribution >= 4 is 23.3 Å². The second kappa shape index (κ2) is 8.81. The molecule has 0 bridgehead atoms. The Morgan fingerprint density at radius 3 is 2.57 bits per heavy atom. The Labute approximate surface area is 163 Å². The lowest BCUT2D eigenvalue weighted by atomic mass is 10.1. The van der Waals surface area contributed by atoms with E-state index in [0.717, 1.165) is 5.69 Å². The van der Waals surface area contributed by atoms with Crippen LogP contribution in [0, 0.1) is 6.92 Å². The molecular formula is C22H21N3O3. The van der Waals surface area contributed by atoms with E-state index in [1.165, 1.54) is 24.4 Å². The number of carbonyl (C=O) groups is 2. The van der Waals surface area contributed by atoms with Gasteiger partial charge in [-0.05, 0) is 36.2 Å². The van der Waals surface area contributed by atoms with Gasteiger partial charge >= 0.3 is 5.97 Å². The molecule has 0 saturated heterocycles. The number of hydrogen-bond acceptors (Lipinski definition) is 5. The van der Waals surface area contributed by atoms with Crippen molar-refractivity contribution < 1.29 is 14.3 Å². The van der Waals surface area contributed by atoms with Crippen LogP contribution in [0.4, 0.5) is 11.4 Å². The molecular weight excluding hydrogens is 354 g/mol. The number of ether oxygens (including phenoxy) is 1. The Kier molecular flexibility index (Phi) is 6.01. The fraction of sp³-hybridized carbons (Fsp3) is 0.136. The molecule has 3 rings (SSSR count). The third-order valence-electron chi connectivity index (χ3n) is 4.33. The van der Waals surface area contributed by atoms with Crippen LogP contribution in [0.25, 0.3) is 0 Å². The maximum Gasteiger partial charge on any atom is 0.339 e. The minimum absolute atomic E-state index is 0.292. The molecule has 6 heteroatoms.